The molecule has 2 aliphatic heterocycles. The number of quaternary nitrogens is 3. The molecule has 2 heterocycles. The molecule has 131 heavy (non-hydrogen) atoms. The summed E-state index contributed by atoms with van der Waals surface area (Å²) < 4.78 is 62.0. The Morgan fingerprint density at radius 2 is 0.450 bits per heavy atom. The lowest BCUT2D eigenvalue weighted by Gasteiger charge is -2.44. The van der Waals surface area contributed by atoms with Crippen LogP contribution in [0.15, 0.2) is 0 Å². The van der Waals surface area contributed by atoms with Gasteiger partial charge in [-0.3, -0.25) is 23.0 Å². The number of aliphatic hydroxyl groups is 6. The molecule has 2 saturated heterocycles. The number of carbonyl (C=O) groups is 5. The van der Waals surface area contributed by atoms with E-state index in [-0.39, 0.29) is 70.3 Å². The highest BCUT2D eigenvalue weighted by Gasteiger charge is 2.52. The van der Waals surface area contributed by atoms with Gasteiger partial charge in [0.2, 0.25) is 6.29 Å². The molecule has 14 atom stereocenters. The Morgan fingerprint density at radius 3 is 0.725 bits per heavy atom. The molecule has 2 rings (SSSR count). The first-order valence-electron chi connectivity index (χ1n) is 54.7. The zero-order valence-corrected chi connectivity index (χ0v) is 86.5. The van der Waals surface area contributed by atoms with E-state index in [1.165, 1.54) is 258 Å². The molecule has 0 aromatic heterocycles. The number of hydrogen-bond donors (Lipinski definition) is 6. The van der Waals surface area contributed by atoms with E-state index in [4.69, 9.17) is 47.4 Å². The quantitative estimate of drug-likeness (QED) is 0.0187. The number of esters is 2. The summed E-state index contributed by atoms with van der Waals surface area (Å²) in [6.07, 6.45) is 53.0. The largest absolute Gasteiger partial charge is 0.456 e. The van der Waals surface area contributed by atoms with E-state index in [1.807, 2.05) is 0 Å². The molecule has 0 aromatic rings. The number of nitrogens with zero attached hydrogens (tertiary/aromatic N) is 3. The summed E-state index contributed by atoms with van der Waals surface area (Å²) in [5.41, 5.74) is 0. The highest BCUT2D eigenvalue weighted by atomic mass is 16.8. The Balaban J connectivity index is 2.44. The number of hydrogen-bond acceptors (Lipinski definition) is 21. The predicted octanol–water partition coefficient (Wildman–Crippen LogP) is 22.2. The van der Waals surface area contributed by atoms with Crippen LogP contribution < -0.4 is 0 Å². The molecular formula is C107H208N3O21+3. The van der Waals surface area contributed by atoms with Gasteiger partial charge >= 0.3 is 29.7 Å². The van der Waals surface area contributed by atoms with E-state index in [1.54, 1.807) is 42.3 Å². The SMILES string of the molecule is CCCCCCCCCCCCCCCCCC(=O)[N+](C)(C)CC(O)CO[C@H]1O[C@H](OCC(O)C[N+](C)(C)C(=O)CCCCCCCCCCCCCCCCC)[C@@H](OCC(O)CO[C@H]2O[C@H](OC(=O)CCCCCCCCCCC)[C@@H](OC)[C@H](OCC(O)C[N+](C)(C)C(=O)CCCCCCCCCCCCCCCCC)[C@H]2O)[C@H](OC(=O)CCCCCCCCCCC)[C@H]1O. The minimum atomic E-state index is -1.80. The molecular weight excluding hydrogens is 1660 g/mol. The van der Waals surface area contributed by atoms with Gasteiger partial charge in [-0.25, -0.2) is 14.4 Å². The minimum absolute atomic E-state index is 0.00239. The van der Waals surface area contributed by atoms with Crippen LogP contribution in [0.4, 0.5) is 0 Å². The van der Waals surface area contributed by atoms with Crippen LogP contribution in [0.25, 0.3) is 0 Å². The Labute approximate surface area is 800 Å². The highest BCUT2D eigenvalue weighted by Crippen LogP contribution is 2.33. The average Bonchev–Trinajstić information content (AvgIpc) is 0.795. The molecule has 0 saturated carbocycles. The van der Waals surface area contributed by atoms with Crippen molar-refractivity contribution in [2.75, 3.05) is 102 Å². The lowest BCUT2D eigenvalue weighted by Crippen LogP contribution is -2.62. The van der Waals surface area contributed by atoms with Gasteiger partial charge in [-0.05, 0) is 32.1 Å². The van der Waals surface area contributed by atoms with E-state index in [2.05, 4.69) is 34.6 Å². The molecule has 2 aliphatic rings. The molecule has 774 valence electrons. The summed E-state index contributed by atoms with van der Waals surface area (Å²) in [6, 6.07) is 0. The molecule has 0 radical (unpaired) electrons. The third kappa shape index (κ3) is 62.8. The molecule has 0 aliphatic carbocycles. The number of amides is 3. The number of unbranched alkanes of at least 4 members (excludes halogenated alkanes) is 58. The maximum Gasteiger partial charge on any atom is 0.313 e. The smallest absolute Gasteiger partial charge is 0.313 e. The lowest BCUT2D eigenvalue weighted by molar-refractivity contribution is -0.818. The predicted molar refractivity (Wildman–Crippen MR) is 526 cm³/mol. The minimum Gasteiger partial charge on any atom is -0.456 e. The summed E-state index contributed by atoms with van der Waals surface area (Å²) in [6.45, 7) is 8.62. The van der Waals surface area contributed by atoms with Gasteiger partial charge in [-0.2, -0.15) is 0 Å². The lowest BCUT2D eigenvalue weighted by atomic mass is 10.0. The summed E-state index contributed by atoms with van der Waals surface area (Å²) in [5.74, 6) is -1.37. The van der Waals surface area contributed by atoms with E-state index in [0.29, 0.717) is 32.1 Å². The van der Waals surface area contributed by atoms with Crippen LogP contribution in [0.3, 0.4) is 0 Å². The van der Waals surface area contributed by atoms with Crippen molar-refractivity contribution >= 4 is 29.7 Å². The van der Waals surface area contributed by atoms with Gasteiger partial charge in [0.25, 0.3) is 0 Å². The van der Waals surface area contributed by atoms with Crippen LogP contribution in [0.5, 0.6) is 0 Å². The van der Waals surface area contributed by atoms with E-state index < -0.39 is 125 Å². The molecule has 24 heteroatoms. The average molecular weight is 1870 g/mol. The van der Waals surface area contributed by atoms with Crippen molar-refractivity contribution in [3.63, 3.8) is 0 Å². The molecule has 2 fully saturated rings. The number of methoxy groups -OCH3 is 1. The molecule has 0 aromatic carbocycles. The van der Waals surface area contributed by atoms with Crippen molar-refractivity contribution in [1.29, 1.82) is 0 Å². The van der Waals surface area contributed by atoms with Crippen molar-refractivity contribution in [1.82, 2.24) is 0 Å². The maximum absolute atomic E-state index is 14.2. The molecule has 0 bridgehead atoms. The topological polar surface area (TPSA) is 299 Å². The van der Waals surface area contributed by atoms with E-state index in [0.717, 1.165) is 141 Å². The Kier molecular flexibility index (Phi) is 76.9. The van der Waals surface area contributed by atoms with Gasteiger partial charge in [0.15, 0.2) is 25.0 Å². The second-order valence-electron chi connectivity index (χ2n) is 41.1. The second kappa shape index (κ2) is 81.0. The van der Waals surface area contributed by atoms with Crippen LogP contribution in [0.1, 0.15) is 471 Å². The summed E-state index contributed by atoms with van der Waals surface area (Å²) in [5, 5.41) is 71.9. The second-order valence-corrected chi connectivity index (χ2v) is 41.1. The van der Waals surface area contributed by atoms with Crippen molar-refractivity contribution in [3.05, 3.63) is 0 Å². The molecule has 4 unspecified atom stereocenters. The third-order valence-corrected chi connectivity index (χ3v) is 27.0. The zero-order valence-electron chi connectivity index (χ0n) is 86.5. The van der Waals surface area contributed by atoms with Crippen molar-refractivity contribution < 1.29 is 115 Å². The van der Waals surface area contributed by atoms with Crippen molar-refractivity contribution in [3.8, 4) is 0 Å². The van der Waals surface area contributed by atoms with E-state index in [9.17, 15) is 54.6 Å². The summed E-state index contributed by atoms with van der Waals surface area (Å²) >= 11 is 0. The number of ether oxygens (including phenoxy) is 10. The number of carbonyl (C=O) groups excluding carboxylic acids is 5. The fourth-order valence-electron chi connectivity index (χ4n) is 18.4. The van der Waals surface area contributed by atoms with Crippen molar-refractivity contribution in [2.45, 2.75) is 557 Å². The van der Waals surface area contributed by atoms with Gasteiger partial charge in [0.05, 0.1) is 94.6 Å². The summed E-state index contributed by atoms with van der Waals surface area (Å²) in [7, 11) is 11.9. The normalized spacial score (nSPS) is 20.2. The van der Waals surface area contributed by atoms with Gasteiger partial charge in [-0.1, -0.05) is 407 Å². The Bertz CT molecular complexity index is 2700. The number of likely N-dealkylation sites (N-methyl/N-ethyl adjacent to an activating group) is 3. The van der Waals surface area contributed by atoms with E-state index >= 15 is 0 Å². The van der Waals surface area contributed by atoms with Crippen LogP contribution in [0, 0.1) is 0 Å². The molecule has 0 spiro atoms. The first-order valence-corrected chi connectivity index (χ1v) is 54.7. The third-order valence-electron chi connectivity index (χ3n) is 27.0. The van der Waals surface area contributed by atoms with Gasteiger partial charge in [-0.15, -0.1) is 0 Å². The van der Waals surface area contributed by atoms with Crippen molar-refractivity contribution in [2.24, 2.45) is 0 Å². The number of rotatable bonds is 92. The fourth-order valence-corrected chi connectivity index (χ4v) is 18.4. The van der Waals surface area contributed by atoms with Crippen LogP contribution >= 0.6 is 0 Å². The highest BCUT2D eigenvalue weighted by molar-refractivity contribution is 5.70. The monoisotopic (exact) mass is 1870 g/mol. The van der Waals surface area contributed by atoms with Gasteiger partial charge in [0, 0.05) is 20.0 Å². The first kappa shape index (κ1) is 124. The first-order chi connectivity index (χ1) is 63.2. The van der Waals surface area contributed by atoms with Gasteiger partial charge < -0.3 is 78.0 Å². The molecule has 24 nitrogen and oxygen atoms in total. The molecule has 3 amide bonds. The maximum atomic E-state index is 14.2. The number of aliphatic hydroxyl groups excluding tert-OH is 6. The van der Waals surface area contributed by atoms with Crippen LogP contribution in [-0.4, -0.2) is 262 Å². The van der Waals surface area contributed by atoms with Crippen LogP contribution in [-0.2, 0) is 71.3 Å². The zero-order chi connectivity index (χ0) is 96.3. The fraction of sp³-hybridized carbons (Fsp3) is 0.953. The molecule has 6 N–H and O–H groups in total. The standard InChI is InChI=1S/C107H208N3O21/c1-13-18-23-28-33-38-41-44-47-50-53-58-61-66-71-76-93(115)108(6,7)81-89(111)84-123-100-98(120)104(131-107(102(100)122-12)129-97(119)80-75-70-65-57-37-32-27-22-17-5)126-88-92(114)87-124-103-101(128-96(118)79-74-69-64-56-36-31-26-21-16-4)99(121)105(125-85-90(112)82-109(8,9)94(116)77-72-67-62-59-54-51-48-45-42-39-34-29-24-19-14-2)130-106(103)127-86-91(113)83-110(10,11)95(117)78-73-68-63-60-55-52-49-46-43-40-35-30-25-20-15-3/h89-92,98-107,111-114,120-121H,13-88H2,1-12H3/q+3/t89?,90?,91?,92?,98-,99-,100-,101-,102+,103+,104+,105+,106+,107+/m1/s1. The Hall–Kier alpha value is -2.73. The summed E-state index contributed by atoms with van der Waals surface area (Å²) in [4.78, 5) is 69.5. The van der Waals surface area contributed by atoms with Gasteiger partial charge in [0.1, 0.15) is 74.6 Å². The Morgan fingerprint density at radius 1 is 0.244 bits per heavy atom. The van der Waals surface area contributed by atoms with Crippen LogP contribution in [0.2, 0.25) is 0 Å².